The molecular formula is C39H74O4. The van der Waals surface area contributed by atoms with Crippen LogP contribution in [0.3, 0.4) is 0 Å². The molecule has 0 aromatic rings. The van der Waals surface area contributed by atoms with Crippen LogP contribution in [0.25, 0.3) is 0 Å². The van der Waals surface area contributed by atoms with E-state index in [-0.39, 0.29) is 19.2 Å². The van der Waals surface area contributed by atoms with Gasteiger partial charge in [-0.25, -0.2) is 0 Å². The predicted octanol–water partition coefficient (Wildman–Crippen LogP) is 12.0. The first-order valence-corrected chi connectivity index (χ1v) is 18.9. The van der Waals surface area contributed by atoms with E-state index in [4.69, 9.17) is 9.47 Å². The third-order valence-electron chi connectivity index (χ3n) is 8.29. The molecule has 4 nitrogen and oxygen atoms in total. The predicted molar refractivity (Wildman–Crippen MR) is 187 cm³/mol. The summed E-state index contributed by atoms with van der Waals surface area (Å²) in [7, 11) is 0. The van der Waals surface area contributed by atoms with Crippen LogP contribution < -0.4 is 0 Å². The number of carbonyl (C=O) groups excluding carboxylic acids is 1. The summed E-state index contributed by atoms with van der Waals surface area (Å²) in [6, 6.07) is 0. The first-order valence-electron chi connectivity index (χ1n) is 18.9. The molecular weight excluding hydrogens is 532 g/mol. The topological polar surface area (TPSA) is 55.8 Å². The molecule has 254 valence electrons. The summed E-state index contributed by atoms with van der Waals surface area (Å²) in [5.41, 5.74) is 0. The minimum absolute atomic E-state index is 0.104. The van der Waals surface area contributed by atoms with Gasteiger partial charge in [0, 0.05) is 13.0 Å². The lowest BCUT2D eigenvalue weighted by molar-refractivity contribution is -0.149. The molecule has 0 bridgehead atoms. The fraction of sp³-hybridized carbons (Fsp3) is 0.872. The second kappa shape index (κ2) is 37.1. The van der Waals surface area contributed by atoms with Crippen LogP contribution in [0.2, 0.25) is 0 Å². The maximum Gasteiger partial charge on any atom is 0.305 e. The molecule has 0 aromatic heterocycles. The molecule has 0 heterocycles. The second-order valence-corrected chi connectivity index (χ2v) is 12.6. The Kier molecular flexibility index (Phi) is 36.1. The van der Waals surface area contributed by atoms with E-state index < -0.39 is 6.10 Å². The lowest BCUT2D eigenvalue weighted by Crippen LogP contribution is -2.26. The number of esters is 1. The summed E-state index contributed by atoms with van der Waals surface area (Å²) < 4.78 is 11.1. The molecule has 0 aromatic carbocycles. The lowest BCUT2D eigenvalue weighted by atomic mass is 10.1. The van der Waals surface area contributed by atoms with Gasteiger partial charge in [0.1, 0.15) is 12.7 Å². The second-order valence-electron chi connectivity index (χ2n) is 12.6. The summed E-state index contributed by atoms with van der Waals surface area (Å²) in [5, 5.41) is 9.56. The third kappa shape index (κ3) is 35.2. The number of hydrogen-bond acceptors (Lipinski definition) is 4. The average Bonchev–Trinajstić information content (AvgIpc) is 3.02. The number of rotatable bonds is 35. The number of allylic oxidation sites excluding steroid dienone is 4. The quantitative estimate of drug-likeness (QED) is 0.0443. The minimum Gasteiger partial charge on any atom is -0.463 e. The van der Waals surface area contributed by atoms with E-state index in [1.165, 1.54) is 148 Å². The summed E-state index contributed by atoms with van der Waals surface area (Å²) in [4.78, 5) is 12.1. The molecule has 0 rings (SSSR count). The van der Waals surface area contributed by atoms with Crippen LogP contribution in [0.4, 0.5) is 0 Å². The van der Waals surface area contributed by atoms with Crippen LogP contribution in [0.15, 0.2) is 24.3 Å². The highest BCUT2D eigenvalue weighted by atomic mass is 16.6. The number of unbranched alkanes of at least 4 members (excludes halogenated alkanes) is 23. The summed E-state index contributed by atoms with van der Waals surface area (Å²) in [6.07, 6.45) is 43.7. The fourth-order valence-electron chi connectivity index (χ4n) is 5.35. The Morgan fingerprint density at radius 1 is 0.535 bits per heavy atom. The van der Waals surface area contributed by atoms with E-state index in [1.54, 1.807) is 0 Å². The van der Waals surface area contributed by atoms with Crippen LogP contribution in [-0.4, -0.2) is 37.0 Å². The number of carbonyl (C=O) groups is 1. The smallest absolute Gasteiger partial charge is 0.305 e. The van der Waals surface area contributed by atoms with Gasteiger partial charge >= 0.3 is 5.97 Å². The van der Waals surface area contributed by atoms with Crippen LogP contribution in [0.5, 0.6) is 0 Å². The van der Waals surface area contributed by atoms with Gasteiger partial charge in [0.05, 0.1) is 6.61 Å². The van der Waals surface area contributed by atoms with Crippen molar-refractivity contribution in [1.82, 2.24) is 0 Å². The summed E-state index contributed by atoms with van der Waals surface area (Å²) in [5.74, 6) is -0.170. The molecule has 0 saturated heterocycles. The van der Waals surface area contributed by atoms with E-state index in [2.05, 4.69) is 38.2 Å². The summed E-state index contributed by atoms with van der Waals surface area (Å²) >= 11 is 0. The molecule has 1 atom stereocenters. The fourth-order valence-corrected chi connectivity index (χ4v) is 5.35. The highest BCUT2D eigenvalue weighted by Gasteiger charge is 2.11. The number of hydrogen-bond donors (Lipinski definition) is 1. The zero-order chi connectivity index (χ0) is 31.3. The van der Waals surface area contributed by atoms with Crippen LogP contribution in [-0.2, 0) is 14.3 Å². The number of aliphatic hydroxyl groups excluding tert-OH is 1. The van der Waals surface area contributed by atoms with Crippen LogP contribution in [0, 0.1) is 0 Å². The van der Waals surface area contributed by atoms with Gasteiger partial charge in [-0.15, -0.1) is 0 Å². The monoisotopic (exact) mass is 607 g/mol. The van der Waals surface area contributed by atoms with Gasteiger partial charge < -0.3 is 14.6 Å². The highest BCUT2D eigenvalue weighted by Crippen LogP contribution is 2.12. The maximum atomic E-state index is 12.1. The number of aliphatic hydroxyl groups is 1. The van der Waals surface area contributed by atoms with Gasteiger partial charge in [-0.1, -0.05) is 147 Å². The normalized spacial score (nSPS) is 12.5. The van der Waals surface area contributed by atoms with Crippen LogP contribution >= 0.6 is 0 Å². The van der Waals surface area contributed by atoms with Crippen molar-refractivity contribution in [1.29, 1.82) is 0 Å². The highest BCUT2D eigenvalue weighted by molar-refractivity contribution is 5.69. The first kappa shape index (κ1) is 41.9. The van der Waals surface area contributed by atoms with Crippen molar-refractivity contribution >= 4 is 5.97 Å². The Morgan fingerprint density at radius 2 is 0.907 bits per heavy atom. The van der Waals surface area contributed by atoms with Gasteiger partial charge in [0.15, 0.2) is 0 Å². The van der Waals surface area contributed by atoms with Crippen molar-refractivity contribution in [3.63, 3.8) is 0 Å². The molecule has 43 heavy (non-hydrogen) atoms. The summed E-state index contributed by atoms with van der Waals surface area (Å²) in [6.45, 7) is 5.22. The maximum absolute atomic E-state index is 12.1. The van der Waals surface area contributed by atoms with Crippen molar-refractivity contribution in [2.75, 3.05) is 19.8 Å². The molecule has 0 spiro atoms. The van der Waals surface area contributed by atoms with Gasteiger partial charge in [-0.05, 0) is 64.2 Å². The third-order valence-corrected chi connectivity index (χ3v) is 8.29. The molecule has 0 saturated carbocycles. The van der Waals surface area contributed by atoms with Crippen molar-refractivity contribution in [3.8, 4) is 0 Å². The van der Waals surface area contributed by atoms with E-state index in [1.807, 2.05) is 0 Å². The molecule has 0 unspecified atom stereocenters. The van der Waals surface area contributed by atoms with Gasteiger partial charge in [0.25, 0.3) is 0 Å². The van der Waals surface area contributed by atoms with Crippen molar-refractivity contribution in [2.24, 2.45) is 0 Å². The number of ether oxygens (including phenoxy) is 2. The van der Waals surface area contributed by atoms with Crippen LogP contribution in [0.1, 0.15) is 194 Å². The molecule has 0 aliphatic heterocycles. The SMILES string of the molecule is CCCCCCCC/C=C\CCCCCCCCO[C@H](CO)COC(=O)CCCCCCC/C=C\CCCCCCCC. The molecule has 1 N–H and O–H groups in total. The standard InChI is InChI=1S/C39H74O4/c1-3-5-7-9-11-13-15-17-19-21-23-25-27-29-31-33-35-42-38(36-40)37-43-39(41)34-32-30-28-26-24-22-20-18-16-14-12-10-8-6-4-2/h17-20,38,40H,3-16,21-37H2,1-2H3/b19-17-,20-18-/t38-/m1/s1. The molecule has 0 amide bonds. The van der Waals surface area contributed by atoms with E-state index >= 15 is 0 Å². The molecule has 0 aliphatic rings. The zero-order valence-electron chi connectivity index (χ0n) is 29.0. The van der Waals surface area contributed by atoms with Crippen molar-refractivity contribution < 1.29 is 19.4 Å². The molecule has 0 radical (unpaired) electrons. The van der Waals surface area contributed by atoms with E-state index in [0.717, 1.165) is 25.7 Å². The van der Waals surface area contributed by atoms with E-state index in [9.17, 15) is 9.90 Å². The molecule has 0 aliphatic carbocycles. The van der Waals surface area contributed by atoms with E-state index in [0.29, 0.717) is 13.0 Å². The Bertz CT molecular complexity index is 600. The first-order chi connectivity index (χ1) is 21.2. The van der Waals surface area contributed by atoms with Gasteiger partial charge in [-0.2, -0.15) is 0 Å². The minimum atomic E-state index is -0.402. The Balaban J connectivity index is 3.45. The zero-order valence-corrected chi connectivity index (χ0v) is 29.0. The van der Waals surface area contributed by atoms with Crippen molar-refractivity contribution in [2.45, 2.75) is 200 Å². The van der Waals surface area contributed by atoms with Gasteiger partial charge in [-0.3, -0.25) is 4.79 Å². The average molecular weight is 607 g/mol. The largest absolute Gasteiger partial charge is 0.463 e. The van der Waals surface area contributed by atoms with Crippen molar-refractivity contribution in [3.05, 3.63) is 24.3 Å². The Labute approximate surface area is 268 Å². The Hall–Kier alpha value is -1.13. The van der Waals surface area contributed by atoms with Gasteiger partial charge in [0.2, 0.25) is 0 Å². The lowest BCUT2D eigenvalue weighted by Gasteiger charge is -2.15. The Morgan fingerprint density at radius 3 is 1.33 bits per heavy atom. The molecule has 4 heteroatoms. The molecule has 0 fully saturated rings.